The van der Waals surface area contributed by atoms with Crippen LogP contribution in [0.15, 0.2) is 30.3 Å². The van der Waals surface area contributed by atoms with Gasteiger partial charge in [0.05, 0.1) is 18.2 Å². The highest BCUT2D eigenvalue weighted by molar-refractivity contribution is 7.15. The zero-order chi connectivity index (χ0) is 13.9. The first-order chi connectivity index (χ1) is 9.78. The average molecular weight is 287 g/mol. The van der Waals surface area contributed by atoms with Gasteiger partial charge in [-0.15, -0.1) is 11.3 Å². The molecule has 3 rings (SSSR count). The van der Waals surface area contributed by atoms with Gasteiger partial charge in [0, 0.05) is 10.4 Å². The fourth-order valence-electron chi connectivity index (χ4n) is 2.54. The topological polar surface area (TPSA) is 39.2 Å². The van der Waals surface area contributed by atoms with E-state index in [1.165, 1.54) is 4.88 Å². The van der Waals surface area contributed by atoms with Gasteiger partial charge < -0.3 is 4.74 Å². The Kier molecular flexibility index (Phi) is 3.83. The molecule has 1 heterocycles. The van der Waals surface area contributed by atoms with Crippen LogP contribution in [0.4, 0.5) is 0 Å². The summed E-state index contributed by atoms with van der Waals surface area (Å²) in [5, 5.41) is 1.06. The summed E-state index contributed by atoms with van der Waals surface area (Å²) in [6.07, 6.45) is 2.50. The van der Waals surface area contributed by atoms with Gasteiger partial charge in [-0.2, -0.15) is 0 Å². The van der Waals surface area contributed by atoms with Crippen molar-refractivity contribution in [1.82, 2.24) is 4.98 Å². The van der Waals surface area contributed by atoms with Gasteiger partial charge in [-0.25, -0.2) is 4.98 Å². The Morgan fingerprint density at radius 1 is 1.40 bits per heavy atom. The molecule has 1 aliphatic rings. The van der Waals surface area contributed by atoms with Crippen LogP contribution in [-0.2, 0) is 22.4 Å². The third-order valence-electron chi connectivity index (χ3n) is 3.58. The number of esters is 1. The lowest BCUT2D eigenvalue weighted by atomic mass is 9.91. The van der Waals surface area contributed by atoms with Crippen molar-refractivity contribution in [3.8, 4) is 10.6 Å². The highest BCUT2D eigenvalue weighted by Gasteiger charge is 2.28. The first-order valence-corrected chi connectivity index (χ1v) is 7.80. The highest BCUT2D eigenvalue weighted by atomic mass is 32.1. The molecule has 0 fully saturated rings. The minimum atomic E-state index is -0.0622. The van der Waals surface area contributed by atoms with E-state index in [2.05, 4.69) is 12.1 Å². The molecular weight excluding hydrogens is 270 g/mol. The second-order valence-corrected chi connectivity index (χ2v) is 6.03. The Labute approximate surface area is 122 Å². The standard InChI is InChI=1S/C16H17NO2S/c1-2-19-16(18)12-8-9-13-14(10-12)20-15(17-13)11-6-4-3-5-7-11/h3-7,12H,2,8-10H2,1H3. The molecule has 0 amide bonds. The van der Waals surface area contributed by atoms with E-state index in [-0.39, 0.29) is 11.9 Å². The number of carbonyl (C=O) groups is 1. The van der Waals surface area contributed by atoms with E-state index in [1.54, 1.807) is 11.3 Å². The average Bonchev–Trinajstić information content (AvgIpc) is 2.91. The molecule has 0 N–H and O–H groups in total. The van der Waals surface area contributed by atoms with Crippen LogP contribution in [0.1, 0.15) is 23.9 Å². The van der Waals surface area contributed by atoms with E-state index < -0.39 is 0 Å². The molecule has 1 aromatic heterocycles. The zero-order valence-corrected chi connectivity index (χ0v) is 12.3. The molecule has 1 aliphatic carbocycles. The Balaban J connectivity index is 1.81. The largest absolute Gasteiger partial charge is 0.466 e. The molecule has 3 nitrogen and oxygen atoms in total. The molecular formula is C16H17NO2S. The SMILES string of the molecule is CCOC(=O)C1CCc2nc(-c3ccccc3)sc2C1. The number of hydrogen-bond donors (Lipinski definition) is 0. The first-order valence-electron chi connectivity index (χ1n) is 6.98. The fraction of sp³-hybridized carbons (Fsp3) is 0.375. The van der Waals surface area contributed by atoms with Crippen molar-refractivity contribution < 1.29 is 9.53 Å². The predicted molar refractivity (Wildman–Crippen MR) is 79.7 cm³/mol. The molecule has 0 bridgehead atoms. The minimum Gasteiger partial charge on any atom is -0.466 e. The number of fused-ring (bicyclic) bond motifs is 1. The van der Waals surface area contributed by atoms with Gasteiger partial charge in [-0.3, -0.25) is 4.79 Å². The molecule has 1 unspecified atom stereocenters. The van der Waals surface area contributed by atoms with Crippen LogP contribution in [0.25, 0.3) is 10.6 Å². The number of aryl methyl sites for hydroxylation is 1. The maximum Gasteiger partial charge on any atom is 0.309 e. The molecule has 0 radical (unpaired) electrons. The van der Waals surface area contributed by atoms with Crippen LogP contribution in [0.5, 0.6) is 0 Å². The summed E-state index contributed by atoms with van der Waals surface area (Å²) in [7, 11) is 0. The van der Waals surface area contributed by atoms with Gasteiger partial charge >= 0.3 is 5.97 Å². The van der Waals surface area contributed by atoms with Crippen LogP contribution >= 0.6 is 11.3 Å². The number of benzene rings is 1. The van der Waals surface area contributed by atoms with Crippen molar-refractivity contribution in [2.24, 2.45) is 5.92 Å². The summed E-state index contributed by atoms with van der Waals surface area (Å²) >= 11 is 1.71. The monoisotopic (exact) mass is 287 g/mol. The van der Waals surface area contributed by atoms with Crippen LogP contribution < -0.4 is 0 Å². The molecule has 0 spiro atoms. The van der Waals surface area contributed by atoms with Gasteiger partial charge in [0.15, 0.2) is 0 Å². The molecule has 1 aromatic carbocycles. The van der Waals surface area contributed by atoms with Gasteiger partial charge in [0.1, 0.15) is 5.01 Å². The number of aromatic nitrogens is 1. The maximum absolute atomic E-state index is 11.8. The molecule has 20 heavy (non-hydrogen) atoms. The molecule has 104 valence electrons. The van der Waals surface area contributed by atoms with E-state index in [4.69, 9.17) is 9.72 Å². The highest BCUT2D eigenvalue weighted by Crippen LogP contribution is 2.34. The van der Waals surface area contributed by atoms with E-state index in [0.717, 1.165) is 35.5 Å². The predicted octanol–water partition coefficient (Wildman–Crippen LogP) is 3.48. The molecule has 4 heteroatoms. The Morgan fingerprint density at radius 3 is 2.95 bits per heavy atom. The lowest BCUT2D eigenvalue weighted by molar-refractivity contribution is -0.148. The summed E-state index contributed by atoms with van der Waals surface area (Å²) < 4.78 is 5.13. The normalized spacial score (nSPS) is 17.6. The lowest BCUT2D eigenvalue weighted by Gasteiger charge is -2.19. The number of rotatable bonds is 3. The van der Waals surface area contributed by atoms with Gasteiger partial charge in [-0.05, 0) is 26.2 Å². The molecule has 0 aliphatic heterocycles. The van der Waals surface area contributed by atoms with Crippen molar-refractivity contribution >= 4 is 17.3 Å². The smallest absolute Gasteiger partial charge is 0.309 e. The molecule has 1 atom stereocenters. The van der Waals surface area contributed by atoms with Gasteiger partial charge in [0.25, 0.3) is 0 Å². The molecule has 0 saturated heterocycles. The second-order valence-electron chi connectivity index (χ2n) is 4.95. The molecule has 2 aromatic rings. The van der Waals surface area contributed by atoms with Gasteiger partial charge in [0.2, 0.25) is 0 Å². The quantitative estimate of drug-likeness (QED) is 0.811. The van der Waals surface area contributed by atoms with Crippen molar-refractivity contribution in [3.05, 3.63) is 40.9 Å². The lowest BCUT2D eigenvalue weighted by Crippen LogP contribution is -2.24. The molecule has 0 saturated carbocycles. The second kappa shape index (κ2) is 5.75. The third kappa shape index (κ3) is 2.61. The Morgan fingerprint density at radius 2 is 2.20 bits per heavy atom. The van der Waals surface area contributed by atoms with Crippen LogP contribution in [0.2, 0.25) is 0 Å². The summed E-state index contributed by atoms with van der Waals surface area (Å²) in [5.74, 6) is -0.0562. The van der Waals surface area contributed by atoms with E-state index >= 15 is 0 Å². The fourth-order valence-corrected chi connectivity index (χ4v) is 3.73. The summed E-state index contributed by atoms with van der Waals surface area (Å²) in [5.41, 5.74) is 2.31. The Hall–Kier alpha value is -1.68. The van der Waals surface area contributed by atoms with Crippen LogP contribution in [-0.4, -0.2) is 17.6 Å². The number of nitrogens with zero attached hydrogens (tertiary/aromatic N) is 1. The summed E-state index contributed by atoms with van der Waals surface area (Å²) in [4.78, 5) is 17.8. The number of carbonyl (C=O) groups excluding carboxylic acids is 1. The van der Waals surface area contributed by atoms with Gasteiger partial charge in [-0.1, -0.05) is 30.3 Å². The number of thiazole rings is 1. The number of ether oxygens (including phenoxy) is 1. The van der Waals surface area contributed by atoms with Crippen molar-refractivity contribution in [1.29, 1.82) is 0 Å². The van der Waals surface area contributed by atoms with Crippen molar-refractivity contribution in [3.63, 3.8) is 0 Å². The summed E-state index contributed by atoms with van der Waals surface area (Å²) in [6.45, 7) is 2.31. The van der Waals surface area contributed by atoms with Crippen LogP contribution in [0.3, 0.4) is 0 Å². The van der Waals surface area contributed by atoms with E-state index in [1.807, 2.05) is 25.1 Å². The first kappa shape index (κ1) is 13.3. The van der Waals surface area contributed by atoms with E-state index in [9.17, 15) is 4.79 Å². The summed E-state index contributed by atoms with van der Waals surface area (Å²) in [6, 6.07) is 10.2. The third-order valence-corrected chi connectivity index (χ3v) is 4.75. The van der Waals surface area contributed by atoms with Crippen molar-refractivity contribution in [2.45, 2.75) is 26.2 Å². The maximum atomic E-state index is 11.8. The minimum absolute atomic E-state index is 0.00604. The van der Waals surface area contributed by atoms with Crippen LogP contribution in [0, 0.1) is 5.92 Å². The Bertz CT molecular complexity index is 606. The zero-order valence-electron chi connectivity index (χ0n) is 11.5. The number of hydrogen-bond acceptors (Lipinski definition) is 4. The van der Waals surface area contributed by atoms with E-state index in [0.29, 0.717) is 6.61 Å². The van der Waals surface area contributed by atoms with Crippen molar-refractivity contribution in [2.75, 3.05) is 6.61 Å².